The number of Topliss-reactive ketones (excluding diaryl/α,β-unsaturated/α-hetero) is 3. The number of hydrogen-bond acceptors (Lipinski definition) is 3. The third-order valence-electron chi connectivity index (χ3n) is 3.31. The van der Waals surface area contributed by atoms with Gasteiger partial charge < -0.3 is 0 Å². The molecule has 0 aliphatic heterocycles. The van der Waals surface area contributed by atoms with Crippen LogP contribution in [0.15, 0.2) is 18.2 Å². The van der Waals surface area contributed by atoms with Crippen LogP contribution < -0.4 is 0 Å². The first-order chi connectivity index (χ1) is 9.71. The molecule has 1 aromatic carbocycles. The Bertz CT molecular complexity index is 606. The molecule has 0 unspecified atom stereocenters. The Hall–Kier alpha value is -1.69. The molecule has 7 heteroatoms. The molecular weight excluding hydrogens is 309 g/mol. The summed E-state index contributed by atoms with van der Waals surface area (Å²) < 4.78 is 37.6. The van der Waals surface area contributed by atoms with Crippen LogP contribution in [0, 0.1) is 5.92 Å². The lowest BCUT2D eigenvalue weighted by Crippen LogP contribution is -2.35. The molecule has 0 saturated heterocycles. The molecule has 3 nitrogen and oxygen atoms in total. The Balaban J connectivity index is 2.36. The minimum absolute atomic E-state index is 0.112. The number of hydrogen-bond donors (Lipinski definition) is 0. The fourth-order valence-electron chi connectivity index (χ4n) is 2.24. The van der Waals surface area contributed by atoms with Crippen LogP contribution in [0.3, 0.4) is 0 Å². The molecule has 1 saturated carbocycles. The average Bonchev–Trinajstić information content (AvgIpc) is 2.37. The van der Waals surface area contributed by atoms with E-state index in [2.05, 4.69) is 0 Å². The van der Waals surface area contributed by atoms with E-state index in [-0.39, 0.29) is 18.4 Å². The van der Waals surface area contributed by atoms with Crippen LogP contribution in [0.4, 0.5) is 13.2 Å². The summed E-state index contributed by atoms with van der Waals surface area (Å²) in [7, 11) is 0. The molecule has 0 amide bonds. The third kappa shape index (κ3) is 3.15. The molecule has 0 N–H and O–H groups in total. The number of halogens is 4. The second-order valence-electron chi connectivity index (χ2n) is 4.78. The fourth-order valence-corrected chi connectivity index (χ4v) is 2.52. The number of rotatable bonds is 2. The summed E-state index contributed by atoms with van der Waals surface area (Å²) >= 11 is 5.70. The highest BCUT2D eigenvalue weighted by atomic mass is 35.5. The van der Waals surface area contributed by atoms with E-state index in [0.29, 0.717) is 18.6 Å². The second kappa shape index (κ2) is 5.60. The maximum absolute atomic E-state index is 12.5. The lowest BCUT2D eigenvalue weighted by Gasteiger charge is -2.19. The first kappa shape index (κ1) is 15.7. The zero-order valence-electron chi connectivity index (χ0n) is 10.7. The van der Waals surface area contributed by atoms with Crippen molar-refractivity contribution in [2.75, 3.05) is 0 Å². The van der Waals surface area contributed by atoms with Crippen molar-refractivity contribution in [3.8, 4) is 0 Å². The van der Waals surface area contributed by atoms with Crippen molar-refractivity contribution >= 4 is 29.0 Å². The van der Waals surface area contributed by atoms with Crippen LogP contribution in [0.5, 0.6) is 0 Å². The van der Waals surface area contributed by atoms with E-state index in [9.17, 15) is 27.6 Å². The summed E-state index contributed by atoms with van der Waals surface area (Å²) in [6.45, 7) is 0. The predicted molar refractivity (Wildman–Crippen MR) is 68.1 cm³/mol. The third-order valence-corrected chi connectivity index (χ3v) is 3.63. The molecule has 0 aromatic heterocycles. The van der Waals surface area contributed by atoms with Crippen molar-refractivity contribution in [3.63, 3.8) is 0 Å². The molecule has 0 bridgehead atoms. The summed E-state index contributed by atoms with van der Waals surface area (Å²) in [5, 5.41) is -0.416. The van der Waals surface area contributed by atoms with Crippen molar-refractivity contribution in [2.45, 2.75) is 25.4 Å². The van der Waals surface area contributed by atoms with Gasteiger partial charge in [-0.3, -0.25) is 14.4 Å². The number of carbonyl (C=O) groups is 3. The van der Waals surface area contributed by atoms with Crippen LogP contribution in [0.25, 0.3) is 0 Å². The highest BCUT2D eigenvalue weighted by Crippen LogP contribution is 2.33. The van der Waals surface area contributed by atoms with Gasteiger partial charge in [0, 0.05) is 18.4 Å². The zero-order valence-corrected chi connectivity index (χ0v) is 11.4. The Morgan fingerprint density at radius 3 is 2.19 bits per heavy atom. The van der Waals surface area contributed by atoms with Gasteiger partial charge in [0.1, 0.15) is 5.92 Å². The van der Waals surface area contributed by atoms with E-state index in [1.807, 2.05) is 0 Å². The fraction of sp³-hybridized carbons (Fsp3) is 0.357. The van der Waals surface area contributed by atoms with E-state index in [0.717, 1.165) is 6.07 Å². The minimum Gasteiger partial charge on any atom is -0.298 e. The van der Waals surface area contributed by atoms with Crippen LogP contribution in [-0.2, 0) is 15.8 Å². The topological polar surface area (TPSA) is 51.2 Å². The number of carbonyl (C=O) groups excluding carboxylic acids is 3. The molecule has 2 rings (SSSR count). The molecule has 112 valence electrons. The molecule has 1 aliphatic carbocycles. The van der Waals surface area contributed by atoms with Crippen LogP contribution in [0.1, 0.15) is 35.2 Å². The van der Waals surface area contributed by atoms with Crippen molar-refractivity contribution < 1.29 is 27.6 Å². The molecule has 1 aliphatic rings. The Kier molecular flexibility index (Phi) is 4.18. The van der Waals surface area contributed by atoms with E-state index in [1.165, 1.54) is 0 Å². The molecule has 0 atom stereocenters. The summed E-state index contributed by atoms with van der Waals surface area (Å²) in [6.07, 6.45) is -3.97. The monoisotopic (exact) mass is 318 g/mol. The average molecular weight is 319 g/mol. The predicted octanol–water partition coefficient (Wildman–Crippen LogP) is 3.48. The maximum Gasteiger partial charge on any atom is 0.416 e. The van der Waals surface area contributed by atoms with Crippen molar-refractivity contribution in [1.29, 1.82) is 0 Å². The summed E-state index contributed by atoms with van der Waals surface area (Å²) in [5.74, 6) is -3.28. The largest absolute Gasteiger partial charge is 0.416 e. The molecule has 0 spiro atoms. The van der Waals surface area contributed by atoms with Crippen LogP contribution in [-0.4, -0.2) is 17.3 Å². The standard InChI is InChI=1S/C14H10ClF3O3/c15-9-6-7(14(16,17)18)4-5-8(9)13(21)12-10(19)2-1-3-11(12)20/h4-6,12H,1-3H2. The molecule has 1 fully saturated rings. The highest BCUT2D eigenvalue weighted by molar-refractivity contribution is 6.36. The normalized spacial score (nSPS) is 17.1. The van der Waals surface area contributed by atoms with Gasteiger partial charge >= 0.3 is 6.18 Å². The number of alkyl halides is 3. The maximum atomic E-state index is 12.5. The second-order valence-corrected chi connectivity index (χ2v) is 5.18. The minimum atomic E-state index is -4.58. The van der Waals surface area contributed by atoms with Gasteiger partial charge in [-0.15, -0.1) is 0 Å². The molecule has 1 aromatic rings. The van der Waals surface area contributed by atoms with Gasteiger partial charge in [0.15, 0.2) is 17.3 Å². The summed E-state index contributed by atoms with van der Waals surface area (Å²) in [6, 6.07) is 2.23. The Labute approximate surface area is 123 Å². The van der Waals surface area contributed by atoms with E-state index < -0.39 is 40.0 Å². The zero-order chi connectivity index (χ0) is 15.8. The van der Waals surface area contributed by atoms with Gasteiger partial charge in [-0.2, -0.15) is 13.2 Å². The van der Waals surface area contributed by atoms with Gasteiger partial charge in [-0.05, 0) is 24.6 Å². The lowest BCUT2D eigenvalue weighted by atomic mass is 9.81. The van der Waals surface area contributed by atoms with E-state index in [4.69, 9.17) is 11.6 Å². The van der Waals surface area contributed by atoms with Crippen LogP contribution >= 0.6 is 11.6 Å². The first-order valence-corrected chi connectivity index (χ1v) is 6.56. The van der Waals surface area contributed by atoms with Crippen molar-refractivity contribution in [3.05, 3.63) is 34.3 Å². The molecule has 0 radical (unpaired) electrons. The highest BCUT2D eigenvalue weighted by Gasteiger charge is 2.38. The summed E-state index contributed by atoms with van der Waals surface area (Å²) in [4.78, 5) is 35.6. The van der Waals surface area contributed by atoms with Crippen molar-refractivity contribution in [1.82, 2.24) is 0 Å². The SMILES string of the molecule is O=C1CCCC(=O)C1C(=O)c1ccc(C(F)(F)F)cc1Cl. The van der Waals surface area contributed by atoms with Gasteiger partial charge in [0.05, 0.1) is 10.6 Å². The van der Waals surface area contributed by atoms with E-state index in [1.54, 1.807) is 0 Å². The van der Waals surface area contributed by atoms with Crippen molar-refractivity contribution in [2.24, 2.45) is 5.92 Å². The molecule has 21 heavy (non-hydrogen) atoms. The molecular formula is C14H10ClF3O3. The van der Waals surface area contributed by atoms with Gasteiger partial charge in [-0.25, -0.2) is 0 Å². The van der Waals surface area contributed by atoms with Gasteiger partial charge in [-0.1, -0.05) is 11.6 Å². The summed E-state index contributed by atoms with van der Waals surface area (Å²) in [5.41, 5.74) is -1.23. The number of ketones is 3. The van der Waals surface area contributed by atoms with Gasteiger partial charge in [0.25, 0.3) is 0 Å². The lowest BCUT2D eigenvalue weighted by molar-refractivity contribution is -0.138. The smallest absolute Gasteiger partial charge is 0.298 e. The van der Waals surface area contributed by atoms with Crippen LogP contribution in [0.2, 0.25) is 5.02 Å². The van der Waals surface area contributed by atoms with E-state index >= 15 is 0 Å². The Morgan fingerprint density at radius 1 is 1.14 bits per heavy atom. The number of benzene rings is 1. The van der Waals surface area contributed by atoms with Gasteiger partial charge in [0.2, 0.25) is 0 Å². The quantitative estimate of drug-likeness (QED) is 0.619. The first-order valence-electron chi connectivity index (χ1n) is 6.18. The molecule has 0 heterocycles. The Morgan fingerprint density at radius 2 is 1.71 bits per heavy atom.